The van der Waals surface area contributed by atoms with Crippen LogP contribution in [0, 0.1) is 5.92 Å². The zero-order chi connectivity index (χ0) is 12.7. The van der Waals surface area contributed by atoms with E-state index in [9.17, 15) is 4.79 Å². The maximum absolute atomic E-state index is 12.1. The zero-order valence-corrected chi connectivity index (χ0v) is 12.7. The second-order valence-corrected chi connectivity index (χ2v) is 5.53. The van der Waals surface area contributed by atoms with Gasteiger partial charge in [0.25, 0.3) is 0 Å². The van der Waals surface area contributed by atoms with Crippen LogP contribution in [-0.4, -0.2) is 29.9 Å². The largest absolute Gasteiger partial charge is 0.340 e. The first-order valence-electron chi connectivity index (χ1n) is 7.14. The molecule has 1 fully saturated rings. The monoisotopic (exact) mass is 276 g/mol. The van der Waals surface area contributed by atoms with Crippen molar-refractivity contribution in [3.63, 3.8) is 0 Å². The number of carbonyl (C=O) groups excluding carboxylic acids is 1. The molecule has 0 spiro atoms. The first-order chi connectivity index (χ1) is 8.15. The van der Waals surface area contributed by atoms with E-state index in [1.165, 1.54) is 12.8 Å². The van der Waals surface area contributed by atoms with Gasteiger partial charge in [0.05, 0.1) is 0 Å². The Hall–Kier alpha value is -0.280. The lowest BCUT2D eigenvalue weighted by molar-refractivity contribution is -0.135. The normalized spacial score (nSPS) is 23.6. The predicted octanol–water partition coefficient (Wildman–Crippen LogP) is 2.96. The highest BCUT2D eigenvalue weighted by molar-refractivity contribution is 5.85. The lowest BCUT2D eigenvalue weighted by Gasteiger charge is -2.37. The molecule has 3 nitrogen and oxygen atoms in total. The zero-order valence-electron chi connectivity index (χ0n) is 11.9. The molecule has 1 rings (SSSR count). The van der Waals surface area contributed by atoms with Crippen LogP contribution < -0.4 is 5.73 Å². The van der Waals surface area contributed by atoms with E-state index in [-0.39, 0.29) is 12.4 Å². The van der Waals surface area contributed by atoms with E-state index in [0.29, 0.717) is 17.9 Å². The Morgan fingerprint density at radius 2 is 1.83 bits per heavy atom. The molecule has 4 heteroatoms. The molecular weight excluding hydrogens is 248 g/mol. The number of rotatable bonds is 6. The van der Waals surface area contributed by atoms with Gasteiger partial charge in [0, 0.05) is 19.0 Å². The molecule has 108 valence electrons. The number of halogens is 1. The molecule has 18 heavy (non-hydrogen) atoms. The number of nitrogens with two attached hydrogens (primary N) is 1. The van der Waals surface area contributed by atoms with Crippen molar-refractivity contribution in [2.75, 3.05) is 13.1 Å². The molecule has 1 aliphatic rings. The average molecular weight is 277 g/mol. The maximum atomic E-state index is 12.1. The van der Waals surface area contributed by atoms with Crippen LogP contribution in [0.5, 0.6) is 0 Å². The standard InChI is InChI=1S/C14H28N2O.ClH/c1-12-8-9-13(2)16(11-12)14(17)7-5-3-4-6-10-15;/h12-13H,3-11,15H2,1-2H3;1H. The Labute approximate surface area is 118 Å². The summed E-state index contributed by atoms with van der Waals surface area (Å²) in [7, 11) is 0. The number of carbonyl (C=O) groups is 1. The summed E-state index contributed by atoms with van der Waals surface area (Å²) in [6.45, 7) is 6.16. The summed E-state index contributed by atoms with van der Waals surface area (Å²) >= 11 is 0. The fourth-order valence-electron chi connectivity index (χ4n) is 2.55. The summed E-state index contributed by atoms with van der Waals surface area (Å²) in [5, 5.41) is 0. The number of amides is 1. The first kappa shape index (κ1) is 17.7. The van der Waals surface area contributed by atoms with Gasteiger partial charge in [-0.2, -0.15) is 0 Å². The Morgan fingerprint density at radius 1 is 1.17 bits per heavy atom. The smallest absolute Gasteiger partial charge is 0.222 e. The predicted molar refractivity (Wildman–Crippen MR) is 79.0 cm³/mol. The van der Waals surface area contributed by atoms with E-state index in [1.54, 1.807) is 0 Å². The molecule has 2 unspecified atom stereocenters. The molecule has 0 aromatic heterocycles. The van der Waals surface area contributed by atoms with Crippen molar-refractivity contribution in [1.82, 2.24) is 4.90 Å². The molecule has 0 saturated carbocycles. The van der Waals surface area contributed by atoms with Crippen LogP contribution >= 0.6 is 12.4 Å². The average Bonchev–Trinajstić information content (AvgIpc) is 2.32. The van der Waals surface area contributed by atoms with Gasteiger partial charge in [-0.15, -0.1) is 12.4 Å². The van der Waals surface area contributed by atoms with E-state index in [4.69, 9.17) is 5.73 Å². The van der Waals surface area contributed by atoms with Crippen LogP contribution in [0.3, 0.4) is 0 Å². The van der Waals surface area contributed by atoms with Gasteiger partial charge in [-0.05, 0) is 45.1 Å². The van der Waals surface area contributed by atoms with Crippen LogP contribution in [0.25, 0.3) is 0 Å². The number of piperidine rings is 1. The number of hydrogen-bond donors (Lipinski definition) is 1. The van der Waals surface area contributed by atoms with Crippen LogP contribution in [0.1, 0.15) is 58.8 Å². The molecule has 1 heterocycles. The Balaban J connectivity index is 0.00000289. The number of unbranched alkanes of at least 4 members (excludes halogenated alkanes) is 3. The Kier molecular flexibility index (Phi) is 9.47. The van der Waals surface area contributed by atoms with E-state index < -0.39 is 0 Å². The minimum Gasteiger partial charge on any atom is -0.340 e. The highest BCUT2D eigenvalue weighted by atomic mass is 35.5. The van der Waals surface area contributed by atoms with Crippen molar-refractivity contribution in [3.8, 4) is 0 Å². The van der Waals surface area contributed by atoms with Crippen molar-refractivity contribution >= 4 is 18.3 Å². The number of nitrogens with zero attached hydrogens (tertiary/aromatic N) is 1. The fraction of sp³-hybridized carbons (Fsp3) is 0.929. The van der Waals surface area contributed by atoms with Crippen molar-refractivity contribution in [1.29, 1.82) is 0 Å². The number of likely N-dealkylation sites (tertiary alicyclic amines) is 1. The highest BCUT2D eigenvalue weighted by Crippen LogP contribution is 2.22. The fourth-order valence-corrected chi connectivity index (χ4v) is 2.55. The third kappa shape index (κ3) is 6.05. The van der Waals surface area contributed by atoms with Gasteiger partial charge in [0.2, 0.25) is 5.91 Å². The minimum absolute atomic E-state index is 0. The summed E-state index contributed by atoms with van der Waals surface area (Å²) in [6.07, 6.45) is 7.57. The van der Waals surface area contributed by atoms with Gasteiger partial charge >= 0.3 is 0 Å². The molecule has 0 bridgehead atoms. The molecule has 0 aromatic rings. The maximum Gasteiger partial charge on any atom is 0.222 e. The van der Waals surface area contributed by atoms with Crippen molar-refractivity contribution in [2.45, 2.75) is 64.8 Å². The van der Waals surface area contributed by atoms with Gasteiger partial charge in [-0.25, -0.2) is 0 Å². The summed E-state index contributed by atoms with van der Waals surface area (Å²) in [4.78, 5) is 14.2. The summed E-state index contributed by atoms with van der Waals surface area (Å²) in [5.41, 5.74) is 5.45. The lowest BCUT2D eigenvalue weighted by Crippen LogP contribution is -2.44. The minimum atomic E-state index is 0. The molecule has 2 N–H and O–H groups in total. The highest BCUT2D eigenvalue weighted by Gasteiger charge is 2.26. The Morgan fingerprint density at radius 3 is 2.50 bits per heavy atom. The molecule has 0 radical (unpaired) electrons. The third-order valence-electron chi connectivity index (χ3n) is 3.78. The third-order valence-corrected chi connectivity index (χ3v) is 3.78. The van der Waals surface area contributed by atoms with Crippen LogP contribution in [-0.2, 0) is 4.79 Å². The topological polar surface area (TPSA) is 46.3 Å². The van der Waals surface area contributed by atoms with Gasteiger partial charge in [0.15, 0.2) is 0 Å². The molecule has 1 saturated heterocycles. The molecule has 0 aromatic carbocycles. The molecular formula is C14H29ClN2O. The Bertz CT molecular complexity index is 236. The quantitative estimate of drug-likeness (QED) is 0.758. The summed E-state index contributed by atoms with van der Waals surface area (Å²) in [5.74, 6) is 1.03. The van der Waals surface area contributed by atoms with Crippen molar-refractivity contribution in [3.05, 3.63) is 0 Å². The van der Waals surface area contributed by atoms with Crippen LogP contribution in [0.2, 0.25) is 0 Å². The second kappa shape index (κ2) is 9.62. The van der Waals surface area contributed by atoms with E-state index in [1.807, 2.05) is 0 Å². The van der Waals surface area contributed by atoms with Crippen molar-refractivity contribution in [2.24, 2.45) is 11.7 Å². The summed E-state index contributed by atoms with van der Waals surface area (Å²) in [6, 6.07) is 0.447. The van der Waals surface area contributed by atoms with Crippen LogP contribution in [0.15, 0.2) is 0 Å². The number of hydrogen-bond acceptors (Lipinski definition) is 2. The van der Waals surface area contributed by atoms with E-state index in [0.717, 1.165) is 45.2 Å². The van der Waals surface area contributed by atoms with E-state index in [2.05, 4.69) is 18.7 Å². The lowest BCUT2D eigenvalue weighted by atomic mass is 9.94. The molecule has 1 aliphatic heterocycles. The van der Waals surface area contributed by atoms with Gasteiger partial charge in [0.1, 0.15) is 0 Å². The van der Waals surface area contributed by atoms with Crippen molar-refractivity contribution < 1.29 is 4.79 Å². The second-order valence-electron chi connectivity index (χ2n) is 5.53. The molecule has 0 aliphatic carbocycles. The SMILES string of the molecule is CC1CCC(C)N(C(=O)CCCCCCN)C1.Cl. The summed E-state index contributed by atoms with van der Waals surface area (Å²) < 4.78 is 0. The van der Waals surface area contributed by atoms with Gasteiger partial charge in [-0.3, -0.25) is 4.79 Å². The first-order valence-corrected chi connectivity index (χ1v) is 7.14. The van der Waals surface area contributed by atoms with Crippen LogP contribution in [0.4, 0.5) is 0 Å². The molecule has 2 atom stereocenters. The van der Waals surface area contributed by atoms with Gasteiger partial charge in [-0.1, -0.05) is 19.8 Å². The van der Waals surface area contributed by atoms with E-state index >= 15 is 0 Å². The van der Waals surface area contributed by atoms with Gasteiger partial charge < -0.3 is 10.6 Å². The molecule has 1 amide bonds.